The first kappa shape index (κ1) is 9.05. The summed E-state index contributed by atoms with van der Waals surface area (Å²) in [6.45, 7) is 7.59. The van der Waals surface area contributed by atoms with Crippen molar-refractivity contribution < 1.29 is 4.74 Å². The molecular formula is C10H20O. The van der Waals surface area contributed by atoms with Crippen LogP contribution in [0.2, 0.25) is 0 Å². The molecule has 0 atom stereocenters. The predicted octanol–water partition coefficient (Wildman–Crippen LogP) is 2.99. The molecule has 1 nitrogen and oxygen atoms in total. The molecule has 66 valence electrons. The fourth-order valence-electron chi connectivity index (χ4n) is 1.30. The number of hydrogen-bond donors (Lipinski definition) is 0. The Kier molecular flexibility index (Phi) is 2.94. The Labute approximate surface area is 70.1 Å². The van der Waals surface area contributed by atoms with Gasteiger partial charge < -0.3 is 4.74 Å². The highest BCUT2D eigenvalue weighted by Gasteiger charge is 2.25. The lowest BCUT2D eigenvalue weighted by Gasteiger charge is -2.24. The van der Waals surface area contributed by atoms with E-state index in [1.54, 1.807) is 0 Å². The van der Waals surface area contributed by atoms with Crippen LogP contribution in [-0.2, 0) is 4.74 Å². The molecule has 0 aliphatic heterocycles. The molecular weight excluding hydrogens is 136 g/mol. The van der Waals surface area contributed by atoms with Gasteiger partial charge in [0.1, 0.15) is 0 Å². The van der Waals surface area contributed by atoms with E-state index in [9.17, 15) is 0 Å². The molecule has 0 bridgehead atoms. The van der Waals surface area contributed by atoms with Crippen LogP contribution in [0.25, 0.3) is 0 Å². The van der Waals surface area contributed by atoms with Crippen molar-refractivity contribution in [1.29, 1.82) is 0 Å². The highest BCUT2D eigenvalue weighted by molar-refractivity contribution is 4.75. The normalized spacial score (nSPS) is 18.8. The molecule has 0 aromatic rings. The smallest absolute Gasteiger partial charge is 0.0626 e. The van der Waals surface area contributed by atoms with Crippen LogP contribution in [0.4, 0.5) is 0 Å². The summed E-state index contributed by atoms with van der Waals surface area (Å²) in [6, 6.07) is 0. The number of ether oxygens (including phenoxy) is 1. The average molecular weight is 156 g/mol. The van der Waals surface area contributed by atoms with Crippen molar-refractivity contribution in [3.8, 4) is 0 Å². The van der Waals surface area contributed by atoms with E-state index in [1.165, 1.54) is 25.7 Å². The van der Waals surface area contributed by atoms with Crippen LogP contribution in [0.1, 0.15) is 46.5 Å². The molecule has 0 unspecified atom stereocenters. The van der Waals surface area contributed by atoms with Gasteiger partial charge in [0.2, 0.25) is 0 Å². The summed E-state index contributed by atoms with van der Waals surface area (Å²) in [5.74, 6) is 0.895. The van der Waals surface area contributed by atoms with Gasteiger partial charge in [-0.15, -0.1) is 0 Å². The third-order valence-electron chi connectivity index (χ3n) is 2.26. The zero-order valence-electron chi connectivity index (χ0n) is 8.02. The molecule has 0 radical (unpaired) electrons. The minimum absolute atomic E-state index is 0.122. The van der Waals surface area contributed by atoms with Crippen LogP contribution in [0.5, 0.6) is 0 Å². The van der Waals surface area contributed by atoms with Gasteiger partial charge in [0, 0.05) is 0 Å². The molecule has 0 N–H and O–H groups in total. The molecule has 1 fully saturated rings. The van der Waals surface area contributed by atoms with Crippen LogP contribution in [0, 0.1) is 5.92 Å². The van der Waals surface area contributed by atoms with Gasteiger partial charge in [0.05, 0.1) is 12.2 Å². The molecule has 11 heavy (non-hydrogen) atoms. The van der Waals surface area contributed by atoms with Gasteiger partial charge in [-0.25, -0.2) is 0 Å². The predicted molar refractivity (Wildman–Crippen MR) is 47.7 cm³/mol. The summed E-state index contributed by atoms with van der Waals surface area (Å²) in [5, 5.41) is 0. The van der Waals surface area contributed by atoms with E-state index in [1.807, 2.05) is 0 Å². The first-order chi connectivity index (χ1) is 5.14. The summed E-state index contributed by atoms with van der Waals surface area (Å²) in [6.07, 6.45) is 5.18. The molecule has 0 aromatic heterocycles. The summed E-state index contributed by atoms with van der Waals surface area (Å²) in [4.78, 5) is 0. The molecule has 0 heterocycles. The van der Waals surface area contributed by atoms with E-state index in [4.69, 9.17) is 4.74 Å². The Hall–Kier alpha value is -0.0400. The summed E-state index contributed by atoms with van der Waals surface area (Å²) in [5.41, 5.74) is 0.122. The lowest BCUT2D eigenvalue weighted by molar-refractivity contribution is -0.0292. The van der Waals surface area contributed by atoms with Crippen LogP contribution < -0.4 is 0 Å². The summed E-state index contributed by atoms with van der Waals surface area (Å²) >= 11 is 0. The minimum Gasteiger partial charge on any atom is -0.375 e. The van der Waals surface area contributed by atoms with Crippen LogP contribution >= 0.6 is 0 Å². The zero-order chi connectivity index (χ0) is 8.32. The van der Waals surface area contributed by atoms with Crippen LogP contribution in [-0.4, -0.2) is 12.2 Å². The van der Waals surface area contributed by atoms with E-state index >= 15 is 0 Å². The third kappa shape index (κ3) is 3.76. The van der Waals surface area contributed by atoms with E-state index in [0.29, 0.717) is 0 Å². The van der Waals surface area contributed by atoms with E-state index in [2.05, 4.69) is 20.8 Å². The lowest BCUT2D eigenvalue weighted by atomic mass is 10.0. The molecule has 1 aliphatic rings. The van der Waals surface area contributed by atoms with Gasteiger partial charge in [0.15, 0.2) is 0 Å². The summed E-state index contributed by atoms with van der Waals surface area (Å²) in [7, 11) is 0. The highest BCUT2D eigenvalue weighted by atomic mass is 16.5. The largest absolute Gasteiger partial charge is 0.375 e. The quantitative estimate of drug-likeness (QED) is 0.594. The fourth-order valence-corrected chi connectivity index (χ4v) is 1.30. The van der Waals surface area contributed by atoms with Crippen molar-refractivity contribution in [3.63, 3.8) is 0 Å². The topological polar surface area (TPSA) is 9.23 Å². The molecule has 1 rings (SSSR count). The lowest BCUT2D eigenvalue weighted by Crippen LogP contribution is -2.25. The van der Waals surface area contributed by atoms with Gasteiger partial charge in [-0.05, 0) is 39.0 Å². The van der Waals surface area contributed by atoms with Crippen LogP contribution in [0.3, 0.4) is 0 Å². The van der Waals surface area contributed by atoms with Gasteiger partial charge >= 0.3 is 0 Å². The Morgan fingerprint density at radius 2 is 2.00 bits per heavy atom. The molecule has 0 saturated heterocycles. The van der Waals surface area contributed by atoms with Gasteiger partial charge in [0.25, 0.3) is 0 Å². The Bertz CT molecular complexity index is 114. The molecule has 1 saturated carbocycles. The van der Waals surface area contributed by atoms with E-state index in [-0.39, 0.29) is 5.60 Å². The Morgan fingerprint density at radius 3 is 2.45 bits per heavy atom. The van der Waals surface area contributed by atoms with Gasteiger partial charge in [-0.1, -0.05) is 13.3 Å². The average Bonchev–Trinajstić information content (AvgIpc) is 2.65. The summed E-state index contributed by atoms with van der Waals surface area (Å²) < 4.78 is 5.79. The molecule has 0 aromatic carbocycles. The van der Waals surface area contributed by atoms with Crippen molar-refractivity contribution in [3.05, 3.63) is 0 Å². The third-order valence-corrected chi connectivity index (χ3v) is 2.26. The van der Waals surface area contributed by atoms with Crippen LogP contribution in [0.15, 0.2) is 0 Å². The van der Waals surface area contributed by atoms with Crippen molar-refractivity contribution in [2.45, 2.75) is 52.1 Å². The molecule has 1 aliphatic carbocycles. The van der Waals surface area contributed by atoms with E-state index < -0.39 is 0 Å². The van der Waals surface area contributed by atoms with Gasteiger partial charge in [-0.2, -0.15) is 0 Å². The first-order valence-corrected chi connectivity index (χ1v) is 4.78. The standard InChI is InChI=1S/C10H20O/c1-4-7-10(2,3)11-8-9-5-6-9/h9H,4-8H2,1-3H3. The van der Waals surface area contributed by atoms with Crippen molar-refractivity contribution >= 4 is 0 Å². The maximum atomic E-state index is 5.79. The molecule has 1 heteroatoms. The fraction of sp³-hybridized carbons (Fsp3) is 1.00. The Balaban J connectivity index is 2.09. The first-order valence-electron chi connectivity index (χ1n) is 4.78. The second-order valence-electron chi connectivity index (χ2n) is 4.26. The Morgan fingerprint density at radius 1 is 1.36 bits per heavy atom. The zero-order valence-corrected chi connectivity index (χ0v) is 8.02. The molecule has 0 amide bonds. The van der Waals surface area contributed by atoms with Crippen molar-refractivity contribution in [1.82, 2.24) is 0 Å². The SMILES string of the molecule is CCCC(C)(C)OCC1CC1. The maximum Gasteiger partial charge on any atom is 0.0626 e. The van der Waals surface area contributed by atoms with E-state index in [0.717, 1.165) is 12.5 Å². The maximum absolute atomic E-state index is 5.79. The van der Waals surface area contributed by atoms with Crippen molar-refractivity contribution in [2.24, 2.45) is 5.92 Å². The highest BCUT2D eigenvalue weighted by Crippen LogP contribution is 2.31. The van der Waals surface area contributed by atoms with Crippen molar-refractivity contribution in [2.75, 3.05) is 6.61 Å². The minimum atomic E-state index is 0.122. The van der Waals surface area contributed by atoms with Gasteiger partial charge in [-0.3, -0.25) is 0 Å². The number of hydrogen-bond acceptors (Lipinski definition) is 1. The second kappa shape index (κ2) is 3.57. The second-order valence-corrected chi connectivity index (χ2v) is 4.26. The number of rotatable bonds is 5. The molecule has 0 spiro atoms. The monoisotopic (exact) mass is 156 g/mol.